The standard InChI is InChI=1S/C11H26O2Si/c1-7-12-14(11(5)6,13-8-2)9-10(3)4/h10-11H,7-9H2,1-6H3. The van der Waals surface area contributed by atoms with Gasteiger partial charge >= 0.3 is 8.56 Å². The molecule has 0 aromatic carbocycles. The van der Waals surface area contributed by atoms with E-state index in [0.717, 1.165) is 19.3 Å². The van der Waals surface area contributed by atoms with Crippen molar-refractivity contribution >= 4 is 8.56 Å². The molecule has 0 fully saturated rings. The Morgan fingerprint density at radius 2 is 1.36 bits per heavy atom. The SMILES string of the molecule is CCO[Si](CC(C)C)(OCC)C(C)C. The Balaban J connectivity index is 4.55. The van der Waals surface area contributed by atoms with Gasteiger partial charge in [-0.2, -0.15) is 0 Å². The molecule has 0 aliphatic heterocycles. The molecule has 0 aliphatic carbocycles. The van der Waals surface area contributed by atoms with Crippen LogP contribution >= 0.6 is 0 Å². The summed E-state index contributed by atoms with van der Waals surface area (Å²) in [7, 11) is -1.94. The maximum absolute atomic E-state index is 5.96. The molecule has 2 nitrogen and oxygen atoms in total. The summed E-state index contributed by atoms with van der Waals surface area (Å²) < 4.78 is 11.9. The van der Waals surface area contributed by atoms with Crippen molar-refractivity contribution in [2.45, 2.75) is 53.1 Å². The van der Waals surface area contributed by atoms with Gasteiger partial charge in [0.25, 0.3) is 0 Å². The zero-order valence-electron chi connectivity index (χ0n) is 10.6. The van der Waals surface area contributed by atoms with Crippen molar-refractivity contribution in [3.63, 3.8) is 0 Å². The Bertz CT molecular complexity index is 140. The molecular formula is C11H26O2Si. The summed E-state index contributed by atoms with van der Waals surface area (Å²) in [5.41, 5.74) is 0.532. The maximum atomic E-state index is 5.96. The zero-order valence-corrected chi connectivity index (χ0v) is 11.6. The van der Waals surface area contributed by atoms with Gasteiger partial charge in [-0.3, -0.25) is 0 Å². The van der Waals surface area contributed by atoms with Crippen LogP contribution in [-0.2, 0) is 8.85 Å². The van der Waals surface area contributed by atoms with Gasteiger partial charge in [0, 0.05) is 13.2 Å². The molecule has 0 atom stereocenters. The third-order valence-corrected chi connectivity index (χ3v) is 7.05. The lowest BCUT2D eigenvalue weighted by Gasteiger charge is -2.34. The van der Waals surface area contributed by atoms with Gasteiger partial charge < -0.3 is 8.85 Å². The van der Waals surface area contributed by atoms with Crippen molar-refractivity contribution in [1.82, 2.24) is 0 Å². The molecule has 0 aromatic heterocycles. The fourth-order valence-electron chi connectivity index (χ4n) is 1.79. The minimum Gasteiger partial charge on any atom is -0.394 e. The number of rotatable bonds is 7. The van der Waals surface area contributed by atoms with E-state index >= 15 is 0 Å². The third kappa shape index (κ3) is 4.11. The van der Waals surface area contributed by atoms with Gasteiger partial charge in [0.05, 0.1) is 0 Å². The first-order valence-electron chi connectivity index (χ1n) is 5.76. The first kappa shape index (κ1) is 14.1. The molecular weight excluding hydrogens is 192 g/mol. The second kappa shape index (κ2) is 6.59. The van der Waals surface area contributed by atoms with Crippen LogP contribution in [0.25, 0.3) is 0 Å². The highest BCUT2D eigenvalue weighted by Gasteiger charge is 2.41. The molecule has 0 heterocycles. The van der Waals surface area contributed by atoms with Crippen LogP contribution in [0.4, 0.5) is 0 Å². The van der Waals surface area contributed by atoms with E-state index in [-0.39, 0.29) is 0 Å². The van der Waals surface area contributed by atoms with Crippen LogP contribution in [0.2, 0.25) is 11.6 Å². The van der Waals surface area contributed by atoms with E-state index in [1.807, 2.05) is 0 Å². The molecule has 0 aliphatic rings. The summed E-state index contributed by atoms with van der Waals surface area (Å²) in [4.78, 5) is 0. The highest BCUT2D eigenvalue weighted by Crippen LogP contribution is 2.30. The minimum atomic E-state index is -1.94. The second-order valence-electron chi connectivity index (χ2n) is 4.43. The van der Waals surface area contributed by atoms with Crippen molar-refractivity contribution in [3.8, 4) is 0 Å². The Kier molecular flexibility index (Phi) is 6.65. The summed E-state index contributed by atoms with van der Waals surface area (Å²) in [6.45, 7) is 14.6. The van der Waals surface area contributed by atoms with E-state index in [4.69, 9.17) is 8.85 Å². The van der Waals surface area contributed by atoms with Gasteiger partial charge in [0.15, 0.2) is 0 Å². The molecule has 86 valence electrons. The molecule has 14 heavy (non-hydrogen) atoms. The van der Waals surface area contributed by atoms with Gasteiger partial charge in [-0.05, 0) is 31.4 Å². The van der Waals surface area contributed by atoms with Crippen LogP contribution in [-0.4, -0.2) is 21.8 Å². The van der Waals surface area contributed by atoms with Crippen LogP contribution in [0, 0.1) is 5.92 Å². The second-order valence-corrected chi connectivity index (χ2v) is 8.19. The van der Waals surface area contributed by atoms with E-state index in [1.165, 1.54) is 0 Å². The van der Waals surface area contributed by atoms with Crippen molar-refractivity contribution < 1.29 is 8.85 Å². The quantitative estimate of drug-likeness (QED) is 0.608. The van der Waals surface area contributed by atoms with Crippen LogP contribution in [0.1, 0.15) is 41.5 Å². The molecule has 0 bridgehead atoms. The van der Waals surface area contributed by atoms with Crippen molar-refractivity contribution in [2.24, 2.45) is 5.92 Å². The summed E-state index contributed by atoms with van der Waals surface area (Å²) in [6.07, 6.45) is 0. The van der Waals surface area contributed by atoms with Gasteiger partial charge in [-0.15, -0.1) is 0 Å². The molecule has 0 saturated carbocycles. The molecule has 0 radical (unpaired) electrons. The highest BCUT2D eigenvalue weighted by molar-refractivity contribution is 6.68. The average Bonchev–Trinajstić information content (AvgIpc) is 2.03. The zero-order chi connectivity index (χ0) is 11.2. The van der Waals surface area contributed by atoms with Crippen LogP contribution in [0.15, 0.2) is 0 Å². The lowest BCUT2D eigenvalue weighted by molar-refractivity contribution is 0.171. The van der Waals surface area contributed by atoms with Crippen LogP contribution in [0.5, 0.6) is 0 Å². The van der Waals surface area contributed by atoms with Gasteiger partial charge in [0.1, 0.15) is 0 Å². The van der Waals surface area contributed by atoms with Gasteiger partial charge in [0.2, 0.25) is 0 Å². The average molecular weight is 218 g/mol. The van der Waals surface area contributed by atoms with Crippen LogP contribution < -0.4 is 0 Å². The topological polar surface area (TPSA) is 18.5 Å². The fraction of sp³-hybridized carbons (Fsp3) is 1.00. The molecule has 3 heteroatoms. The molecule has 0 amide bonds. The largest absolute Gasteiger partial charge is 0.394 e. The van der Waals surface area contributed by atoms with E-state index in [9.17, 15) is 0 Å². The number of hydrogen-bond acceptors (Lipinski definition) is 2. The predicted molar refractivity (Wildman–Crippen MR) is 63.7 cm³/mol. The van der Waals surface area contributed by atoms with E-state index in [2.05, 4.69) is 41.5 Å². The lowest BCUT2D eigenvalue weighted by Crippen LogP contribution is -2.46. The van der Waals surface area contributed by atoms with Crippen LogP contribution in [0.3, 0.4) is 0 Å². The molecule has 0 aromatic rings. The predicted octanol–water partition coefficient (Wildman–Crippen LogP) is 3.57. The minimum absolute atomic E-state index is 0.532. The Morgan fingerprint density at radius 3 is 1.57 bits per heavy atom. The summed E-state index contributed by atoms with van der Waals surface area (Å²) >= 11 is 0. The van der Waals surface area contributed by atoms with Crippen molar-refractivity contribution in [3.05, 3.63) is 0 Å². The third-order valence-electron chi connectivity index (χ3n) is 2.35. The lowest BCUT2D eigenvalue weighted by atomic mass is 10.3. The van der Waals surface area contributed by atoms with E-state index in [0.29, 0.717) is 11.5 Å². The van der Waals surface area contributed by atoms with E-state index in [1.54, 1.807) is 0 Å². The Labute approximate surface area is 90.2 Å². The molecule has 0 unspecified atom stereocenters. The summed E-state index contributed by atoms with van der Waals surface area (Å²) in [5.74, 6) is 0.655. The van der Waals surface area contributed by atoms with Gasteiger partial charge in [-0.1, -0.05) is 27.7 Å². The first-order chi connectivity index (χ1) is 6.48. The van der Waals surface area contributed by atoms with Crippen molar-refractivity contribution in [1.29, 1.82) is 0 Å². The normalized spacial score (nSPS) is 12.9. The molecule has 0 spiro atoms. The van der Waals surface area contributed by atoms with Crippen molar-refractivity contribution in [2.75, 3.05) is 13.2 Å². The van der Waals surface area contributed by atoms with Gasteiger partial charge in [-0.25, -0.2) is 0 Å². The Hall–Kier alpha value is 0.137. The monoisotopic (exact) mass is 218 g/mol. The Morgan fingerprint density at radius 1 is 0.929 bits per heavy atom. The first-order valence-corrected chi connectivity index (χ1v) is 7.86. The van der Waals surface area contributed by atoms with E-state index < -0.39 is 8.56 Å². The molecule has 0 saturated heterocycles. The summed E-state index contributed by atoms with van der Waals surface area (Å²) in [6, 6.07) is 1.10. The number of hydrogen-bond donors (Lipinski definition) is 0. The fourth-order valence-corrected chi connectivity index (χ4v) is 5.36. The maximum Gasteiger partial charge on any atom is 0.341 e. The smallest absolute Gasteiger partial charge is 0.341 e. The highest BCUT2D eigenvalue weighted by atomic mass is 28.4. The molecule has 0 N–H and O–H groups in total. The summed E-state index contributed by atoms with van der Waals surface area (Å²) in [5, 5.41) is 0. The molecule has 0 rings (SSSR count).